The van der Waals surface area contributed by atoms with Crippen molar-refractivity contribution in [2.45, 2.75) is 19.4 Å². The summed E-state index contributed by atoms with van der Waals surface area (Å²) >= 11 is 17.4. The highest BCUT2D eigenvalue weighted by molar-refractivity contribution is 9.11. The van der Waals surface area contributed by atoms with Gasteiger partial charge in [0.2, 0.25) is 0 Å². The van der Waals surface area contributed by atoms with Crippen LogP contribution in [0.5, 0.6) is 5.75 Å². The van der Waals surface area contributed by atoms with Gasteiger partial charge >= 0.3 is 0 Å². The maximum absolute atomic E-state index is 6.18. The van der Waals surface area contributed by atoms with Crippen molar-refractivity contribution in [3.05, 3.63) is 48.5 Å². The third-order valence-electron chi connectivity index (χ3n) is 3.05. The maximum atomic E-state index is 6.18. The molecule has 0 spiro atoms. The molecule has 1 unspecified atom stereocenters. The highest BCUT2D eigenvalue weighted by Gasteiger charge is 2.21. The summed E-state index contributed by atoms with van der Waals surface area (Å²) in [6.07, 6.45) is 1.04. The molecule has 0 aliphatic carbocycles. The smallest absolute Gasteiger partial charge is 0.124 e. The summed E-state index contributed by atoms with van der Waals surface area (Å²) in [6, 6.07) is 7.65. The fourth-order valence-electron chi connectivity index (χ4n) is 2.09. The second kappa shape index (κ2) is 7.84. The highest BCUT2D eigenvalue weighted by Crippen LogP contribution is 2.40. The average Bonchev–Trinajstić information content (AvgIpc) is 2.79. The lowest BCUT2D eigenvalue weighted by molar-refractivity contribution is 0.404. The summed E-state index contributed by atoms with van der Waals surface area (Å²) in [4.78, 5) is 1.13. The fraction of sp³-hybridized carbons (Fsp3) is 0.333. The van der Waals surface area contributed by atoms with Gasteiger partial charge in [0.05, 0.1) is 22.0 Å². The summed E-state index contributed by atoms with van der Waals surface area (Å²) in [5, 5.41) is 4.95. The van der Waals surface area contributed by atoms with E-state index in [-0.39, 0.29) is 6.04 Å². The Kier molecular flexibility index (Phi) is 6.38. The Morgan fingerprint density at radius 1 is 1.33 bits per heavy atom. The van der Waals surface area contributed by atoms with Crippen molar-refractivity contribution in [1.29, 1.82) is 0 Å². The van der Waals surface area contributed by atoms with Crippen LogP contribution in [0.4, 0.5) is 0 Å². The number of methoxy groups -OCH3 is 1. The minimum absolute atomic E-state index is 0.00685. The number of nitrogens with one attached hydrogen (secondary N) is 1. The molecule has 1 aromatic carbocycles. The van der Waals surface area contributed by atoms with E-state index < -0.39 is 0 Å². The number of benzene rings is 1. The van der Waals surface area contributed by atoms with Crippen LogP contribution in [0.2, 0.25) is 10.0 Å². The van der Waals surface area contributed by atoms with Crippen LogP contribution < -0.4 is 10.1 Å². The van der Waals surface area contributed by atoms with E-state index in [4.69, 9.17) is 27.9 Å². The van der Waals surface area contributed by atoms with Gasteiger partial charge in [-0.15, -0.1) is 11.3 Å². The molecule has 2 nitrogen and oxygen atoms in total. The predicted molar refractivity (Wildman–Crippen MR) is 95.2 cm³/mol. The summed E-state index contributed by atoms with van der Waals surface area (Å²) in [5.41, 5.74) is 1.02. The molecule has 21 heavy (non-hydrogen) atoms. The molecular formula is C15H16BrCl2NOS. The van der Waals surface area contributed by atoms with Crippen LogP contribution >= 0.6 is 50.5 Å². The van der Waals surface area contributed by atoms with Crippen molar-refractivity contribution in [3.63, 3.8) is 0 Å². The molecule has 0 amide bonds. The van der Waals surface area contributed by atoms with Crippen molar-refractivity contribution in [2.24, 2.45) is 0 Å². The first-order valence-electron chi connectivity index (χ1n) is 6.58. The van der Waals surface area contributed by atoms with Crippen LogP contribution in [0.25, 0.3) is 0 Å². The maximum Gasteiger partial charge on any atom is 0.124 e. The Morgan fingerprint density at radius 3 is 2.67 bits per heavy atom. The number of hydrogen-bond acceptors (Lipinski definition) is 3. The molecule has 0 fully saturated rings. The normalized spacial score (nSPS) is 12.4. The molecular weight excluding hydrogens is 393 g/mol. The Labute approximate surface area is 147 Å². The quantitative estimate of drug-likeness (QED) is 0.640. The van der Waals surface area contributed by atoms with Gasteiger partial charge in [0, 0.05) is 15.5 Å². The molecule has 1 atom stereocenters. The van der Waals surface area contributed by atoms with Crippen molar-refractivity contribution < 1.29 is 4.74 Å². The summed E-state index contributed by atoms with van der Waals surface area (Å²) in [6.45, 7) is 3.03. The number of rotatable bonds is 6. The third-order valence-corrected chi connectivity index (χ3v) is 5.82. The lowest BCUT2D eigenvalue weighted by Crippen LogP contribution is -2.23. The number of ether oxygens (including phenoxy) is 1. The molecule has 0 saturated carbocycles. The van der Waals surface area contributed by atoms with Crippen LogP contribution in [0.1, 0.15) is 29.8 Å². The molecule has 6 heteroatoms. The molecule has 2 rings (SSSR count). The molecule has 2 aromatic rings. The lowest BCUT2D eigenvalue weighted by atomic mass is 10.0. The fourth-order valence-corrected chi connectivity index (χ4v) is 4.11. The number of hydrogen-bond donors (Lipinski definition) is 1. The molecule has 0 bridgehead atoms. The predicted octanol–water partition coefficient (Wildman–Crippen LogP) is 5.92. The zero-order valence-corrected chi connectivity index (χ0v) is 15.7. The minimum atomic E-state index is 0.00685. The van der Waals surface area contributed by atoms with Crippen molar-refractivity contribution in [2.75, 3.05) is 13.7 Å². The summed E-state index contributed by atoms with van der Waals surface area (Å²) < 4.78 is 6.41. The van der Waals surface area contributed by atoms with E-state index in [1.165, 1.54) is 0 Å². The van der Waals surface area contributed by atoms with Crippen molar-refractivity contribution in [1.82, 2.24) is 5.32 Å². The standard InChI is InChI=1S/C15H16BrCl2NOS/c1-3-6-19-14(13-8-11(18)15(16)21-13)10-7-9(17)4-5-12(10)20-2/h4-5,7-8,14,19H,3,6H2,1-2H3. The van der Waals surface area contributed by atoms with Crippen LogP contribution in [0.3, 0.4) is 0 Å². The molecule has 0 saturated heterocycles. The topological polar surface area (TPSA) is 21.3 Å². The van der Waals surface area contributed by atoms with Gasteiger partial charge in [0.25, 0.3) is 0 Å². The van der Waals surface area contributed by atoms with Gasteiger partial charge in [-0.05, 0) is 53.2 Å². The average molecular weight is 409 g/mol. The molecule has 0 aliphatic rings. The van der Waals surface area contributed by atoms with Gasteiger partial charge in [-0.25, -0.2) is 0 Å². The largest absolute Gasteiger partial charge is 0.496 e. The van der Waals surface area contributed by atoms with E-state index in [2.05, 4.69) is 28.2 Å². The first kappa shape index (κ1) is 17.1. The molecule has 1 heterocycles. The summed E-state index contributed by atoms with van der Waals surface area (Å²) in [5.74, 6) is 0.814. The van der Waals surface area contributed by atoms with E-state index in [0.29, 0.717) is 5.02 Å². The lowest BCUT2D eigenvalue weighted by Gasteiger charge is -2.20. The minimum Gasteiger partial charge on any atom is -0.496 e. The second-order valence-electron chi connectivity index (χ2n) is 4.54. The first-order valence-corrected chi connectivity index (χ1v) is 8.95. The highest BCUT2D eigenvalue weighted by atomic mass is 79.9. The number of thiophene rings is 1. The van der Waals surface area contributed by atoms with Gasteiger partial charge in [-0.1, -0.05) is 30.1 Å². The Bertz CT molecular complexity index is 598. The first-order chi connectivity index (χ1) is 10.1. The Balaban J connectivity index is 2.47. The van der Waals surface area contributed by atoms with Gasteiger partial charge < -0.3 is 10.1 Å². The number of halogens is 3. The van der Waals surface area contributed by atoms with Gasteiger partial charge in [0.1, 0.15) is 5.75 Å². The SMILES string of the molecule is CCCNC(c1cc(Cl)c(Br)s1)c1cc(Cl)ccc1OC. The van der Waals surface area contributed by atoms with Gasteiger partial charge in [-0.2, -0.15) is 0 Å². The van der Waals surface area contributed by atoms with Gasteiger partial charge in [0.15, 0.2) is 0 Å². The van der Waals surface area contributed by atoms with E-state index in [1.807, 2.05) is 24.3 Å². The van der Waals surface area contributed by atoms with Crippen LogP contribution in [0.15, 0.2) is 28.1 Å². The Morgan fingerprint density at radius 2 is 2.10 bits per heavy atom. The second-order valence-corrected chi connectivity index (χ2v) is 7.79. The van der Waals surface area contributed by atoms with Crippen LogP contribution in [-0.2, 0) is 0 Å². The Hall–Kier alpha value is -0.260. The molecule has 1 N–H and O–H groups in total. The summed E-state index contributed by atoms with van der Waals surface area (Å²) in [7, 11) is 1.67. The van der Waals surface area contributed by atoms with E-state index in [9.17, 15) is 0 Å². The molecule has 0 radical (unpaired) electrons. The molecule has 0 aliphatic heterocycles. The van der Waals surface area contributed by atoms with Crippen molar-refractivity contribution >= 4 is 50.5 Å². The van der Waals surface area contributed by atoms with E-state index >= 15 is 0 Å². The molecule has 1 aromatic heterocycles. The third kappa shape index (κ3) is 4.14. The van der Waals surface area contributed by atoms with E-state index in [0.717, 1.165) is 38.0 Å². The zero-order valence-electron chi connectivity index (χ0n) is 11.8. The van der Waals surface area contributed by atoms with Crippen molar-refractivity contribution in [3.8, 4) is 5.75 Å². The van der Waals surface area contributed by atoms with Crippen LogP contribution in [-0.4, -0.2) is 13.7 Å². The van der Waals surface area contributed by atoms with Crippen LogP contribution in [0, 0.1) is 0 Å². The van der Waals surface area contributed by atoms with Gasteiger partial charge in [-0.3, -0.25) is 0 Å². The van der Waals surface area contributed by atoms with E-state index in [1.54, 1.807) is 18.4 Å². The molecule has 114 valence electrons. The zero-order chi connectivity index (χ0) is 15.4. The monoisotopic (exact) mass is 407 g/mol.